The van der Waals surface area contributed by atoms with Gasteiger partial charge in [-0.3, -0.25) is 9.59 Å². The Labute approximate surface area is 125 Å². The first-order valence-electron chi connectivity index (χ1n) is 5.78. The predicted molar refractivity (Wildman–Crippen MR) is 74.1 cm³/mol. The zero-order valence-electron chi connectivity index (χ0n) is 11.9. The zero-order chi connectivity index (χ0) is 15.8. The van der Waals surface area contributed by atoms with E-state index in [9.17, 15) is 9.59 Å². The number of halogens is 1. The van der Waals surface area contributed by atoms with Crippen molar-refractivity contribution in [2.24, 2.45) is 10.5 Å². The van der Waals surface area contributed by atoms with Gasteiger partial charge in [0.25, 0.3) is 0 Å². The second-order valence-electron chi connectivity index (χ2n) is 4.17. The van der Waals surface area contributed by atoms with E-state index in [-0.39, 0.29) is 18.4 Å². The van der Waals surface area contributed by atoms with Crippen LogP contribution in [0.5, 0.6) is 0 Å². The van der Waals surface area contributed by atoms with Crippen molar-refractivity contribution in [3.05, 3.63) is 10.4 Å². The van der Waals surface area contributed by atoms with Crippen LogP contribution in [0.4, 0.5) is 0 Å². The Balaban J connectivity index is 5.70. The Morgan fingerprint density at radius 3 is 2.10 bits per heavy atom. The van der Waals surface area contributed by atoms with Gasteiger partial charge in [0.2, 0.25) is 0 Å². The van der Waals surface area contributed by atoms with Gasteiger partial charge >= 0.3 is 11.9 Å². The number of azide groups is 1. The molecule has 0 aliphatic carbocycles. The van der Waals surface area contributed by atoms with Gasteiger partial charge in [0.15, 0.2) is 5.41 Å². The number of hydrogen-bond acceptors (Lipinski definition) is 6. The summed E-state index contributed by atoms with van der Waals surface area (Å²) in [5.74, 6) is -1.58. The number of carbonyl (C=O) groups is 2. The average Bonchev–Trinajstić information content (AvgIpc) is 2.43. The van der Waals surface area contributed by atoms with Crippen molar-refractivity contribution in [2.75, 3.05) is 26.2 Å². The molecule has 8 nitrogen and oxygen atoms in total. The molecule has 0 heterocycles. The molecule has 0 rings (SSSR count). The fourth-order valence-electron chi connectivity index (χ4n) is 1.86. The van der Waals surface area contributed by atoms with Gasteiger partial charge in [0.05, 0.1) is 14.2 Å². The minimum absolute atomic E-state index is 0.0526. The van der Waals surface area contributed by atoms with E-state index < -0.39 is 23.1 Å². The van der Waals surface area contributed by atoms with E-state index in [1.54, 1.807) is 6.92 Å². The number of nitrogens with zero attached hydrogens (tertiary/aromatic N) is 3. The molecule has 0 aromatic carbocycles. The average molecular weight is 352 g/mol. The van der Waals surface area contributed by atoms with Crippen molar-refractivity contribution in [1.82, 2.24) is 0 Å². The first kappa shape index (κ1) is 18.7. The van der Waals surface area contributed by atoms with Gasteiger partial charge in [0.1, 0.15) is 5.72 Å². The summed E-state index contributed by atoms with van der Waals surface area (Å²) in [6.07, 6.45) is -0.206. The third-order valence-corrected chi connectivity index (χ3v) is 3.68. The smallest absolute Gasteiger partial charge is 0.324 e. The lowest BCUT2D eigenvalue weighted by Crippen LogP contribution is -2.48. The maximum atomic E-state index is 12.0. The van der Waals surface area contributed by atoms with Crippen molar-refractivity contribution in [3.8, 4) is 0 Å². The van der Waals surface area contributed by atoms with Crippen LogP contribution in [-0.2, 0) is 23.8 Å². The number of carbonyl (C=O) groups excluding carboxylic acids is 2. The topological polar surface area (TPSA) is 111 Å². The third kappa shape index (κ3) is 4.09. The Hall–Kier alpha value is -1.31. The molecular weight excluding hydrogens is 334 g/mol. The van der Waals surface area contributed by atoms with Crippen LogP contribution >= 0.6 is 15.9 Å². The van der Waals surface area contributed by atoms with Gasteiger partial charge < -0.3 is 14.2 Å². The van der Waals surface area contributed by atoms with Crippen LogP contribution in [0.2, 0.25) is 0 Å². The maximum Gasteiger partial charge on any atom is 0.324 e. The van der Waals surface area contributed by atoms with Crippen LogP contribution in [0.1, 0.15) is 20.3 Å². The number of esters is 2. The van der Waals surface area contributed by atoms with E-state index in [0.717, 1.165) is 14.2 Å². The van der Waals surface area contributed by atoms with Crippen molar-refractivity contribution in [1.29, 1.82) is 0 Å². The van der Waals surface area contributed by atoms with E-state index in [2.05, 4.69) is 35.4 Å². The molecule has 0 saturated carbocycles. The number of hydrogen-bond donors (Lipinski definition) is 0. The molecule has 20 heavy (non-hydrogen) atoms. The van der Waals surface area contributed by atoms with Gasteiger partial charge in [-0.25, -0.2) is 0 Å². The van der Waals surface area contributed by atoms with Gasteiger partial charge in [-0.05, 0) is 19.4 Å². The Morgan fingerprint density at radius 2 is 1.80 bits per heavy atom. The van der Waals surface area contributed by atoms with Crippen LogP contribution in [-0.4, -0.2) is 43.8 Å². The largest absolute Gasteiger partial charge is 0.468 e. The van der Waals surface area contributed by atoms with Crippen LogP contribution in [0, 0.1) is 5.41 Å². The zero-order valence-corrected chi connectivity index (χ0v) is 13.5. The summed E-state index contributed by atoms with van der Waals surface area (Å²) in [6.45, 7) is 3.44. The molecule has 0 aromatic heterocycles. The number of alkyl halides is 1. The van der Waals surface area contributed by atoms with Gasteiger partial charge in [-0.15, -0.1) is 0 Å². The highest BCUT2D eigenvalue weighted by Crippen LogP contribution is 2.36. The fraction of sp³-hybridized carbons (Fsp3) is 0.818. The van der Waals surface area contributed by atoms with Crippen LogP contribution in [0.15, 0.2) is 5.11 Å². The van der Waals surface area contributed by atoms with E-state index in [0.29, 0.717) is 0 Å². The minimum atomic E-state index is -1.65. The summed E-state index contributed by atoms with van der Waals surface area (Å²) < 4.78 is 14.7. The molecule has 0 aliphatic heterocycles. The summed E-state index contributed by atoms with van der Waals surface area (Å²) in [5, 5.41) is 3.48. The Kier molecular flexibility index (Phi) is 7.55. The van der Waals surface area contributed by atoms with E-state index in [1.165, 1.54) is 6.92 Å². The molecule has 0 radical (unpaired) electrons. The van der Waals surface area contributed by atoms with Gasteiger partial charge in [0, 0.05) is 23.3 Å². The summed E-state index contributed by atoms with van der Waals surface area (Å²) in [6, 6.07) is 0. The summed E-state index contributed by atoms with van der Waals surface area (Å²) in [5.41, 5.74) is 5.60. The molecule has 0 fully saturated rings. The quantitative estimate of drug-likeness (QED) is 0.166. The fourth-order valence-corrected chi connectivity index (χ4v) is 2.51. The Morgan fingerprint density at radius 1 is 1.30 bits per heavy atom. The first-order chi connectivity index (χ1) is 9.35. The second-order valence-corrected chi connectivity index (χ2v) is 4.73. The van der Waals surface area contributed by atoms with Crippen molar-refractivity contribution >= 4 is 27.9 Å². The first-order valence-corrected chi connectivity index (χ1v) is 6.91. The van der Waals surface area contributed by atoms with E-state index >= 15 is 0 Å². The second kappa shape index (κ2) is 8.08. The molecule has 0 N–H and O–H groups in total. The van der Waals surface area contributed by atoms with Crippen LogP contribution in [0.25, 0.3) is 10.4 Å². The standard InChI is InChI=1S/C11H18BrN3O5/c1-5-20-10(2,14-15-13)6-11(7-12,8(16)18-3)9(17)19-4/h5-7H2,1-4H3. The van der Waals surface area contributed by atoms with E-state index in [4.69, 9.17) is 10.3 Å². The highest BCUT2D eigenvalue weighted by molar-refractivity contribution is 9.09. The molecule has 1 atom stereocenters. The van der Waals surface area contributed by atoms with Gasteiger partial charge in [-0.2, -0.15) is 0 Å². The predicted octanol–water partition coefficient (Wildman–Crippen LogP) is 2.17. The number of rotatable bonds is 8. The SMILES string of the molecule is CCOC(C)(CC(CBr)(C(=O)OC)C(=O)OC)N=[N+]=[N-]. The monoisotopic (exact) mass is 351 g/mol. The summed E-state index contributed by atoms with van der Waals surface area (Å²) in [4.78, 5) is 26.7. The summed E-state index contributed by atoms with van der Waals surface area (Å²) in [7, 11) is 2.32. The third-order valence-electron chi connectivity index (χ3n) is 2.72. The van der Waals surface area contributed by atoms with Crippen molar-refractivity contribution in [3.63, 3.8) is 0 Å². The lowest BCUT2D eigenvalue weighted by atomic mass is 9.82. The van der Waals surface area contributed by atoms with Crippen LogP contribution in [0.3, 0.4) is 0 Å². The Bertz CT molecular complexity index is 395. The van der Waals surface area contributed by atoms with Crippen molar-refractivity contribution < 1.29 is 23.8 Å². The maximum absolute atomic E-state index is 12.0. The molecule has 0 saturated heterocycles. The highest BCUT2D eigenvalue weighted by Gasteiger charge is 2.52. The molecular formula is C11H18BrN3O5. The molecule has 0 spiro atoms. The molecule has 0 amide bonds. The van der Waals surface area contributed by atoms with Gasteiger partial charge in [-0.1, -0.05) is 21.0 Å². The minimum Gasteiger partial charge on any atom is -0.468 e. The molecule has 0 aliphatic rings. The summed E-state index contributed by atoms with van der Waals surface area (Å²) >= 11 is 3.12. The van der Waals surface area contributed by atoms with Crippen LogP contribution < -0.4 is 0 Å². The molecule has 0 bridgehead atoms. The highest BCUT2D eigenvalue weighted by atomic mass is 79.9. The normalized spacial score (nSPS) is 13.8. The van der Waals surface area contributed by atoms with Crippen molar-refractivity contribution in [2.45, 2.75) is 26.0 Å². The lowest BCUT2D eigenvalue weighted by molar-refractivity contribution is -0.173. The molecule has 114 valence electrons. The molecule has 0 aromatic rings. The molecule has 9 heteroatoms. The number of ether oxygens (including phenoxy) is 3. The van der Waals surface area contributed by atoms with E-state index in [1.807, 2.05) is 0 Å². The number of methoxy groups -OCH3 is 2. The molecule has 1 unspecified atom stereocenters. The lowest BCUT2D eigenvalue weighted by Gasteiger charge is -2.33.